The molecule has 18 heavy (non-hydrogen) atoms. The van der Waals surface area contributed by atoms with E-state index in [1.807, 2.05) is 11.8 Å². The van der Waals surface area contributed by atoms with Gasteiger partial charge in [0.25, 0.3) is 5.91 Å². The van der Waals surface area contributed by atoms with E-state index in [0.717, 1.165) is 12.2 Å². The number of hydrogen-bond donors (Lipinski definition) is 3. The lowest BCUT2D eigenvalue weighted by atomic mass is 10.1. The first-order valence-electron chi connectivity index (χ1n) is 6.09. The molecule has 1 saturated heterocycles. The minimum atomic E-state index is -0.355. The third-order valence-corrected chi connectivity index (χ3v) is 4.42. The van der Waals surface area contributed by atoms with Gasteiger partial charge in [-0.05, 0) is 30.7 Å². The monoisotopic (exact) mass is 267 g/mol. The van der Waals surface area contributed by atoms with E-state index in [4.69, 9.17) is 0 Å². The quantitative estimate of drug-likeness (QED) is 0.734. The van der Waals surface area contributed by atoms with Crippen LogP contribution in [0.1, 0.15) is 29.6 Å². The predicted octanol–water partition coefficient (Wildman–Crippen LogP) is 2.11. The van der Waals surface area contributed by atoms with Gasteiger partial charge in [0.15, 0.2) is 11.5 Å². The van der Waals surface area contributed by atoms with Gasteiger partial charge in [-0.25, -0.2) is 0 Å². The van der Waals surface area contributed by atoms with E-state index in [0.29, 0.717) is 11.8 Å². The van der Waals surface area contributed by atoms with E-state index in [9.17, 15) is 15.0 Å². The van der Waals surface area contributed by atoms with Crippen molar-refractivity contribution in [1.29, 1.82) is 0 Å². The summed E-state index contributed by atoms with van der Waals surface area (Å²) in [5, 5.41) is 22.2. The van der Waals surface area contributed by atoms with Gasteiger partial charge in [0.1, 0.15) is 0 Å². The van der Waals surface area contributed by atoms with Crippen molar-refractivity contribution in [3.05, 3.63) is 23.8 Å². The Morgan fingerprint density at radius 2 is 2.22 bits per heavy atom. The highest BCUT2D eigenvalue weighted by molar-refractivity contribution is 7.99. The van der Waals surface area contributed by atoms with E-state index in [2.05, 4.69) is 5.32 Å². The lowest BCUT2D eigenvalue weighted by molar-refractivity contribution is 0.0950. The zero-order valence-corrected chi connectivity index (χ0v) is 10.9. The molecule has 0 aliphatic carbocycles. The Labute approximate surface area is 110 Å². The van der Waals surface area contributed by atoms with Crippen LogP contribution in [-0.4, -0.2) is 33.7 Å². The highest BCUT2D eigenvalue weighted by Gasteiger charge is 2.17. The molecular formula is C13H17NO3S. The highest BCUT2D eigenvalue weighted by Crippen LogP contribution is 2.28. The van der Waals surface area contributed by atoms with E-state index < -0.39 is 0 Å². The molecule has 2 rings (SSSR count). The number of benzene rings is 1. The molecule has 1 atom stereocenters. The Hall–Kier alpha value is -1.36. The van der Waals surface area contributed by atoms with Gasteiger partial charge in [-0.2, -0.15) is 11.8 Å². The number of hydrogen-bond acceptors (Lipinski definition) is 4. The lowest BCUT2D eigenvalue weighted by Gasteiger charge is -2.21. The molecule has 1 unspecified atom stereocenters. The Morgan fingerprint density at radius 1 is 1.39 bits per heavy atom. The maximum atomic E-state index is 11.9. The number of rotatable bonds is 3. The van der Waals surface area contributed by atoms with Crippen molar-refractivity contribution in [2.45, 2.75) is 24.5 Å². The summed E-state index contributed by atoms with van der Waals surface area (Å²) in [6.07, 6.45) is 3.59. The Balaban J connectivity index is 1.93. The summed E-state index contributed by atoms with van der Waals surface area (Å²) < 4.78 is 0. The average molecular weight is 267 g/mol. The normalized spacial score (nSPS) is 19.4. The number of phenolic OH excluding ortho intramolecular Hbond substituents is 2. The van der Waals surface area contributed by atoms with Crippen LogP contribution < -0.4 is 5.32 Å². The van der Waals surface area contributed by atoms with Crippen LogP contribution in [0.2, 0.25) is 0 Å². The van der Waals surface area contributed by atoms with Crippen LogP contribution in [0, 0.1) is 0 Å². The second kappa shape index (κ2) is 6.00. The number of amides is 1. The van der Waals surface area contributed by atoms with E-state index in [1.165, 1.54) is 25.0 Å². The molecule has 0 spiro atoms. The number of carbonyl (C=O) groups is 1. The van der Waals surface area contributed by atoms with Crippen LogP contribution in [0.25, 0.3) is 0 Å². The molecule has 0 bridgehead atoms. The summed E-state index contributed by atoms with van der Waals surface area (Å²) in [4.78, 5) is 11.9. The largest absolute Gasteiger partial charge is 0.504 e. The average Bonchev–Trinajstić information content (AvgIpc) is 2.40. The molecule has 98 valence electrons. The first-order valence-corrected chi connectivity index (χ1v) is 7.14. The van der Waals surface area contributed by atoms with Crippen molar-refractivity contribution in [1.82, 2.24) is 5.32 Å². The minimum absolute atomic E-state index is 0.121. The molecule has 0 radical (unpaired) electrons. The predicted molar refractivity (Wildman–Crippen MR) is 72.2 cm³/mol. The van der Waals surface area contributed by atoms with Gasteiger partial charge in [-0.15, -0.1) is 0 Å². The van der Waals surface area contributed by atoms with Gasteiger partial charge in [-0.1, -0.05) is 12.5 Å². The fourth-order valence-electron chi connectivity index (χ4n) is 1.98. The standard InChI is InChI=1S/C13H17NO3S/c15-11-6-3-5-10(12(11)16)13(17)14-8-9-4-1-2-7-18-9/h3,5-6,9,15-16H,1-2,4,7-8H2,(H,14,17). The Bertz CT molecular complexity index is 430. The number of phenols is 2. The van der Waals surface area contributed by atoms with Crippen LogP contribution in [0.4, 0.5) is 0 Å². The zero-order chi connectivity index (χ0) is 13.0. The summed E-state index contributed by atoms with van der Waals surface area (Å²) in [7, 11) is 0. The smallest absolute Gasteiger partial charge is 0.255 e. The molecular weight excluding hydrogens is 250 g/mol. The molecule has 5 heteroatoms. The SMILES string of the molecule is O=C(NCC1CCCCS1)c1cccc(O)c1O. The van der Waals surface area contributed by atoms with E-state index >= 15 is 0 Å². The topological polar surface area (TPSA) is 69.6 Å². The molecule has 0 aromatic heterocycles. The van der Waals surface area contributed by atoms with Gasteiger partial charge in [0, 0.05) is 11.8 Å². The maximum absolute atomic E-state index is 11.9. The van der Waals surface area contributed by atoms with Gasteiger partial charge in [0.2, 0.25) is 0 Å². The van der Waals surface area contributed by atoms with Crippen molar-refractivity contribution in [3.8, 4) is 11.5 Å². The maximum Gasteiger partial charge on any atom is 0.255 e. The molecule has 3 N–H and O–H groups in total. The number of thioether (sulfide) groups is 1. The third-order valence-electron chi connectivity index (χ3n) is 3.02. The third kappa shape index (κ3) is 3.10. The Kier molecular flexibility index (Phi) is 4.36. The Morgan fingerprint density at radius 3 is 2.94 bits per heavy atom. The molecule has 1 aromatic carbocycles. The van der Waals surface area contributed by atoms with Crippen LogP contribution in [0.5, 0.6) is 11.5 Å². The van der Waals surface area contributed by atoms with Crippen LogP contribution >= 0.6 is 11.8 Å². The van der Waals surface area contributed by atoms with Crippen LogP contribution in [0.15, 0.2) is 18.2 Å². The number of para-hydroxylation sites is 1. The van der Waals surface area contributed by atoms with Crippen molar-refractivity contribution in [3.63, 3.8) is 0 Å². The van der Waals surface area contributed by atoms with Crippen molar-refractivity contribution in [2.24, 2.45) is 0 Å². The highest BCUT2D eigenvalue weighted by atomic mass is 32.2. The van der Waals surface area contributed by atoms with Crippen molar-refractivity contribution < 1.29 is 15.0 Å². The van der Waals surface area contributed by atoms with Gasteiger partial charge >= 0.3 is 0 Å². The van der Waals surface area contributed by atoms with Gasteiger partial charge in [0.05, 0.1) is 5.56 Å². The zero-order valence-electron chi connectivity index (χ0n) is 10.1. The van der Waals surface area contributed by atoms with Gasteiger partial charge in [-0.3, -0.25) is 4.79 Å². The summed E-state index contributed by atoms with van der Waals surface area (Å²) in [5.41, 5.74) is 0.121. The number of nitrogens with one attached hydrogen (secondary N) is 1. The summed E-state index contributed by atoms with van der Waals surface area (Å²) >= 11 is 1.88. The number of aromatic hydroxyl groups is 2. The second-order valence-electron chi connectivity index (χ2n) is 4.37. The first-order chi connectivity index (χ1) is 8.68. The van der Waals surface area contributed by atoms with Crippen molar-refractivity contribution in [2.75, 3.05) is 12.3 Å². The fraction of sp³-hybridized carbons (Fsp3) is 0.462. The summed E-state index contributed by atoms with van der Waals surface area (Å²) in [5.74, 6) is 0.188. The summed E-state index contributed by atoms with van der Waals surface area (Å²) in [6.45, 7) is 0.610. The molecule has 1 aliphatic heterocycles. The van der Waals surface area contributed by atoms with E-state index in [1.54, 1.807) is 6.07 Å². The lowest BCUT2D eigenvalue weighted by Crippen LogP contribution is -2.31. The molecule has 1 heterocycles. The van der Waals surface area contributed by atoms with Crippen molar-refractivity contribution >= 4 is 17.7 Å². The first kappa shape index (κ1) is 13.1. The molecule has 1 aromatic rings. The molecule has 1 amide bonds. The van der Waals surface area contributed by atoms with Gasteiger partial charge < -0.3 is 15.5 Å². The van der Waals surface area contributed by atoms with Crippen LogP contribution in [0.3, 0.4) is 0 Å². The molecule has 1 fully saturated rings. The summed E-state index contributed by atoms with van der Waals surface area (Å²) in [6, 6.07) is 4.39. The number of carbonyl (C=O) groups excluding carboxylic acids is 1. The van der Waals surface area contributed by atoms with Crippen LogP contribution in [-0.2, 0) is 0 Å². The minimum Gasteiger partial charge on any atom is -0.504 e. The molecule has 1 aliphatic rings. The molecule has 4 nitrogen and oxygen atoms in total. The van der Waals surface area contributed by atoms with E-state index in [-0.39, 0.29) is 23.0 Å². The second-order valence-corrected chi connectivity index (χ2v) is 5.78. The fourth-order valence-corrected chi connectivity index (χ4v) is 3.22. The molecule has 0 saturated carbocycles.